The van der Waals surface area contributed by atoms with Crippen molar-refractivity contribution in [1.29, 1.82) is 0 Å². The summed E-state index contributed by atoms with van der Waals surface area (Å²) in [5.41, 5.74) is 0.719. The van der Waals surface area contributed by atoms with Crippen LogP contribution in [0.15, 0.2) is 30.3 Å². The van der Waals surface area contributed by atoms with Crippen LogP contribution >= 0.6 is 0 Å². The molecule has 0 N–H and O–H groups in total. The largest absolute Gasteiger partial charge is 0.468 e. The van der Waals surface area contributed by atoms with Crippen molar-refractivity contribution in [1.82, 2.24) is 0 Å². The number of esters is 1. The smallest absolute Gasteiger partial charge is 0.316 e. The Morgan fingerprint density at radius 2 is 1.76 bits per heavy atom. The Labute approximate surface area is 122 Å². The summed E-state index contributed by atoms with van der Waals surface area (Å²) in [6, 6.07) is 8.87. The van der Waals surface area contributed by atoms with Crippen molar-refractivity contribution in [3.63, 3.8) is 0 Å². The average Bonchev–Trinajstić information content (AvgIpc) is 2.46. The Balaban J connectivity index is 2.45. The number of rotatable bonds is 3. The first-order valence-electron chi connectivity index (χ1n) is 6.67. The van der Waals surface area contributed by atoms with E-state index in [1.54, 1.807) is 24.3 Å². The standard InChI is InChI=1S/C16H16O5/c1-9(17)13-12(18)8-11(10-6-4-3-5-7-10)14(15(13)19)16(20)21-2/h3-7,11,13-14H,8H2,1-2H3/t11-,13-,14-/m1/s1. The second-order valence-corrected chi connectivity index (χ2v) is 5.13. The number of carbonyl (C=O) groups excluding carboxylic acids is 4. The van der Waals surface area contributed by atoms with Crippen molar-refractivity contribution in [2.45, 2.75) is 19.3 Å². The predicted molar refractivity (Wildman–Crippen MR) is 73.5 cm³/mol. The minimum Gasteiger partial charge on any atom is -0.468 e. The Hall–Kier alpha value is -2.30. The summed E-state index contributed by atoms with van der Waals surface area (Å²) in [6.45, 7) is 1.19. The molecule has 0 saturated heterocycles. The predicted octanol–water partition coefficient (Wildman–Crippen LogP) is 1.31. The lowest BCUT2D eigenvalue weighted by molar-refractivity contribution is -0.155. The molecule has 0 unspecified atom stereocenters. The van der Waals surface area contributed by atoms with Crippen LogP contribution in [0.3, 0.4) is 0 Å². The fourth-order valence-electron chi connectivity index (χ4n) is 2.83. The molecule has 0 amide bonds. The lowest BCUT2D eigenvalue weighted by atomic mass is 9.68. The molecule has 1 aromatic carbocycles. The summed E-state index contributed by atoms with van der Waals surface area (Å²) < 4.78 is 4.69. The molecule has 0 bridgehead atoms. The maximum absolute atomic E-state index is 12.4. The molecule has 0 radical (unpaired) electrons. The normalized spacial score (nSPS) is 25.5. The van der Waals surface area contributed by atoms with E-state index < -0.39 is 41.1 Å². The quantitative estimate of drug-likeness (QED) is 0.619. The SMILES string of the molecule is COC(=O)[C@H]1C(=O)[C@H](C(C)=O)C(=O)C[C@@H]1c1ccccc1. The molecule has 0 heterocycles. The van der Waals surface area contributed by atoms with Gasteiger partial charge >= 0.3 is 5.97 Å². The van der Waals surface area contributed by atoms with Gasteiger partial charge in [-0.25, -0.2) is 0 Å². The van der Waals surface area contributed by atoms with Gasteiger partial charge in [0.15, 0.2) is 11.6 Å². The summed E-state index contributed by atoms with van der Waals surface area (Å²) in [4.78, 5) is 48.0. The van der Waals surface area contributed by atoms with Gasteiger partial charge in [-0.15, -0.1) is 0 Å². The van der Waals surface area contributed by atoms with Crippen molar-refractivity contribution in [2.75, 3.05) is 7.11 Å². The van der Waals surface area contributed by atoms with Gasteiger partial charge in [-0.3, -0.25) is 19.2 Å². The van der Waals surface area contributed by atoms with Crippen LogP contribution in [0.25, 0.3) is 0 Å². The van der Waals surface area contributed by atoms with Gasteiger partial charge in [0.25, 0.3) is 0 Å². The Morgan fingerprint density at radius 3 is 2.29 bits per heavy atom. The number of carbonyl (C=O) groups is 4. The molecule has 1 aliphatic carbocycles. The summed E-state index contributed by atoms with van der Waals surface area (Å²) >= 11 is 0. The molecule has 2 rings (SSSR count). The van der Waals surface area contributed by atoms with Crippen LogP contribution in [-0.2, 0) is 23.9 Å². The van der Waals surface area contributed by atoms with Crippen molar-refractivity contribution >= 4 is 23.3 Å². The highest BCUT2D eigenvalue weighted by atomic mass is 16.5. The zero-order chi connectivity index (χ0) is 15.6. The lowest BCUT2D eigenvalue weighted by Gasteiger charge is -2.31. The zero-order valence-corrected chi connectivity index (χ0v) is 11.9. The van der Waals surface area contributed by atoms with Gasteiger partial charge in [-0.05, 0) is 12.5 Å². The molecule has 1 saturated carbocycles. The molecular weight excluding hydrogens is 272 g/mol. The first-order chi connectivity index (χ1) is 9.97. The Bertz CT molecular complexity index is 590. The van der Waals surface area contributed by atoms with Gasteiger partial charge in [0, 0.05) is 12.3 Å². The summed E-state index contributed by atoms with van der Waals surface area (Å²) in [6.07, 6.45) is -0.0141. The number of methoxy groups -OCH3 is 1. The molecule has 5 heteroatoms. The summed E-state index contributed by atoms with van der Waals surface area (Å²) in [5, 5.41) is 0. The first kappa shape index (κ1) is 15.1. The molecule has 21 heavy (non-hydrogen) atoms. The molecule has 1 aliphatic rings. The van der Waals surface area contributed by atoms with Crippen LogP contribution in [0.4, 0.5) is 0 Å². The summed E-state index contributed by atoms with van der Waals surface area (Å²) in [5.74, 6) is -5.33. The van der Waals surface area contributed by atoms with Crippen LogP contribution in [-0.4, -0.2) is 30.4 Å². The van der Waals surface area contributed by atoms with E-state index in [9.17, 15) is 19.2 Å². The van der Waals surface area contributed by atoms with E-state index in [0.717, 1.165) is 5.56 Å². The fourth-order valence-corrected chi connectivity index (χ4v) is 2.83. The van der Waals surface area contributed by atoms with Gasteiger partial charge < -0.3 is 4.74 Å². The highest BCUT2D eigenvalue weighted by molar-refractivity contribution is 6.24. The van der Waals surface area contributed by atoms with Gasteiger partial charge in [0.2, 0.25) is 0 Å². The minimum atomic E-state index is -1.34. The molecule has 1 aromatic rings. The monoisotopic (exact) mass is 288 g/mol. The van der Waals surface area contributed by atoms with E-state index in [1.165, 1.54) is 14.0 Å². The number of benzene rings is 1. The number of ether oxygens (including phenoxy) is 1. The van der Waals surface area contributed by atoms with Gasteiger partial charge in [0.05, 0.1) is 7.11 Å². The zero-order valence-electron chi connectivity index (χ0n) is 11.9. The third-order valence-electron chi connectivity index (χ3n) is 3.83. The number of hydrogen-bond acceptors (Lipinski definition) is 5. The lowest BCUT2D eigenvalue weighted by Crippen LogP contribution is -2.46. The van der Waals surface area contributed by atoms with E-state index in [1.807, 2.05) is 6.07 Å². The van der Waals surface area contributed by atoms with Crippen LogP contribution in [0.2, 0.25) is 0 Å². The highest BCUT2D eigenvalue weighted by Gasteiger charge is 2.49. The molecule has 0 aromatic heterocycles. The second kappa shape index (κ2) is 5.99. The van der Waals surface area contributed by atoms with Crippen LogP contribution in [0.1, 0.15) is 24.8 Å². The average molecular weight is 288 g/mol. The van der Waals surface area contributed by atoms with Crippen molar-refractivity contribution < 1.29 is 23.9 Å². The molecule has 1 fully saturated rings. The molecule has 0 aliphatic heterocycles. The molecule has 0 spiro atoms. The molecule has 3 atom stereocenters. The van der Waals surface area contributed by atoms with E-state index in [0.29, 0.717) is 0 Å². The fraction of sp³-hybridized carbons (Fsp3) is 0.375. The van der Waals surface area contributed by atoms with E-state index in [4.69, 9.17) is 4.74 Å². The van der Waals surface area contributed by atoms with Gasteiger partial charge in [0.1, 0.15) is 17.6 Å². The maximum Gasteiger partial charge on any atom is 0.316 e. The molecular formula is C16H16O5. The molecule has 110 valence electrons. The Kier molecular flexibility index (Phi) is 4.31. The van der Waals surface area contributed by atoms with Crippen LogP contribution in [0, 0.1) is 11.8 Å². The van der Waals surface area contributed by atoms with E-state index >= 15 is 0 Å². The third-order valence-corrected chi connectivity index (χ3v) is 3.83. The Morgan fingerprint density at radius 1 is 1.14 bits per heavy atom. The maximum atomic E-state index is 12.4. The summed E-state index contributed by atoms with van der Waals surface area (Å²) in [7, 11) is 1.19. The van der Waals surface area contributed by atoms with Crippen molar-refractivity contribution in [3.05, 3.63) is 35.9 Å². The first-order valence-corrected chi connectivity index (χ1v) is 6.67. The van der Waals surface area contributed by atoms with Gasteiger partial charge in [-0.1, -0.05) is 30.3 Å². The number of hydrogen-bond donors (Lipinski definition) is 0. The van der Waals surface area contributed by atoms with E-state index in [2.05, 4.69) is 0 Å². The number of ketones is 3. The van der Waals surface area contributed by atoms with E-state index in [-0.39, 0.29) is 6.42 Å². The van der Waals surface area contributed by atoms with Gasteiger partial charge in [-0.2, -0.15) is 0 Å². The molecule has 5 nitrogen and oxygen atoms in total. The number of Topliss-reactive ketones (excluding diaryl/α,β-unsaturated/α-hetero) is 3. The topological polar surface area (TPSA) is 77.5 Å². The van der Waals surface area contributed by atoms with Crippen molar-refractivity contribution in [2.24, 2.45) is 11.8 Å². The van der Waals surface area contributed by atoms with Crippen molar-refractivity contribution in [3.8, 4) is 0 Å². The van der Waals surface area contributed by atoms with Crippen LogP contribution in [0.5, 0.6) is 0 Å². The minimum absolute atomic E-state index is 0.0141. The second-order valence-electron chi connectivity index (χ2n) is 5.13. The highest BCUT2D eigenvalue weighted by Crippen LogP contribution is 2.37. The third kappa shape index (κ3) is 2.77. The van der Waals surface area contributed by atoms with Crippen LogP contribution < -0.4 is 0 Å².